The third-order valence-corrected chi connectivity index (χ3v) is 14.0. The molecule has 26 heteroatoms. The lowest BCUT2D eigenvalue weighted by molar-refractivity contribution is -0.144. The van der Waals surface area contributed by atoms with Gasteiger partial charge in [-0.1, -0.05) is 48.5 Å². The molecule has 2 heterocycles. The average molecular weight is 1150 g/mol. The lowest BCUT2D eigenvalue weighted by atomic mass is 9.90. The molecular weight excluding hydrogens is 1090 g/mol. The number of piperidine rings is 2. The Kier molecular flexibility index (Phi) is 21.2. The van der Waals surface area contributed by atoms with Crippen LogP contribution in [0.5, 0.6) is 0 Å². The molecule has 6 amide bonds. The van der Waals surface area contributed by atoms with E-state index in [2.05, 4.69) is 10.6 Å². The van der Waals surface area contributed by atoms with E-state index in [0.29, 0.717) is 24.3 Å². The summed E-state index contributed by atoms with van der Waals surface area (Å²) in [6.45, 7) is 6.09. The molecule has 4 N–H and O–H groups in total. The predicted octanol–water partition coefficient (Wildman–Crippen LogP) is 12.1. The number of halogens is 12. The largest absolute Gasteiger partial charge is 0.446 e. The van der Waals surface area contributed by atoms with Gasteiger partial charge in [-0.05, 0) is 97.5 Å². The van der Waals surface area contributed by atoms with E-state index in [-0.39, 0.29) is 88.3 Å². The maximum Gasteiger partial charge on any atom is 0.416 e. The first-order valence-corrected chi connectivity index (χ1v) is 25.1. The number of urea groups is 2. The maximum absolute atomic E-state index is 13.7. The third-order valence-electron chi connectivity index (χ3n) is 14.0. The number of nitrogens with one attached hydrogen (secondary N) is 2. The van der Waals surface area contributed by atoms with Gasteiger partial charge in [0.05, 0.1) is 59.6 Å². The number of nitrogens with zero attached hydrogens (tertiary/aromatic N) is 4. The Morgan fingerprint density at radius 3 is 1.12 bits per heavy atom. The monoisotopic (exact) mass is 1150 g/mol. The molecule has 6 atom stereocenters. The van der Waals surface area contributed by atoms with Gasteiger partial charge in [-0.25, -0.2) is 19.2 Å². The second-order valence-electron chi connectivity index (χ2n) is 19.4. The van der Waals surface area contributed by atoms with E-state index in [1.807, 2.05) is 38.1 Å². The average Bonchev–Trinajstić information content (AvgIpc) is 3.42. The normalized spacial score (nSPS) is 18.7. The lowest BCUT2D eigenvalue weighted by Crippen LogP contribution is -2.49. The zero-order valence-corrected chi connectivity index (χ0v) is 44.3. The van der Waals surface area contributed by atoms with E-state index in [0.717, 1.165) is 32.1 Å². The molecule has 0 unspecified atom stereocenters. The number of carbonyl (C=O) groups excluding carboxylic acids is 4. The highest BCUT2D eigenvalue weighted by Gasteiger charge is 2.43. The zero-order chi connectivity index (χ0) is 59.7. The van der Waals surface area contributed by atoms with E-state index in [4.69, 9.17) is 19.7 Å². The molecule has 0 aromatic heterocycles. The number of amides is 6. The highest BCUT2D eigenvalue weighted by atomic mass is 19.4. The van der Waals surface area contributed by atoms with Crippen LogP contribution in [0, 0.1) is 13.8 Å². The number of benzene rings is 4. The number of rotatable bonds is 12. The van der Waals surface area contributed by atoms with Crippen molar-refractivity contribution in [2.75, 3.05) is 53.5 Å². The molecule has 0 spiro atoms. The Hall–Kier alpha value is -6.96. The molecule has 0 bridgehead atoms. The van der Waals surface area contributed by atoms with Crippen LogP contribution in [0.15, 0.2) is 84.9 Å². The van der Waals surface area contributed by atoms with Crippen LogP contribution >= 0.6 is 0 Å². The summed E-state index contributed by atoms with van der Waals surface area (Å²) in [7, 11) is 2.64. The fraction of sp³-hybridized carbons (Fsp3) is 0.481. The molecular formula is C54H62F12N6O8. The van der Waals surface area contributed by atoms with Crippen LogP contribution in [0.4, 0.5) is 71.9 Å². The van der Waals surface area contributed by atoms with Gasteiger partial charge >= 0.3 is 49.0 Å². The van der Waals surface area contributed by atoms with E-state index >= 15 is 0 Å². The van der Waals surface area contributed by atoms with Crippen molar-refractivity contribution in [1.82, 2.24) is 30.2 Å². The van der Waals surface area contributed by atoms with Gasteiger partial charge in [-0.2, -0.15) is 52.7 Å². The first-order chi connectivity index (χ1) is 37.3. The number of alkyl halides is 12. The van der Waals surface area contributed by atoms with Crippen LogP contribution in [0.2, 0.25) is 0 Å². The van der Waals surface area contributed by atoms with Crippen LogP contribution in [-0.2, 0) is 34.2 Å². The fourth-order valence-corrected chi connectivity index (χ4v) is 9.38. The molecule has 2 fully saturated rings. The SMILES string of the molecule is Cc1ccccc1[C@H]1C[C@@H](OC(=O)NCCO)CCN1C(=O)N(C)[C@H](C)c1cc(C(F)(F)F)cc(C(F)(F)F)c1.Cc1ccccc1[C@H]1C[C@H](OC(=O)NCCO)CCN1C(=O)N(C)[C@H](C)c1cc(C(F)(F)F)cc(C(F)(F)F)c1. The Balaban J connectivity index is 0.000000294. The lowest BCUT2D eigenvalue weighted by Gasteiger charge is -2.42. The number of likely N-dealkylation sites (tertiary alicyclic amines) is 2. The molecule has 14 nitrogen and oxygen atoms in total. The summed E-state index contributed by atoms with van der Waals surface area (Å²) in [4.78, 5) is 56.7. The van der Waals surface area contributed by atoms with Crippen molar-refractivity contribution in [3.05, 3.63) is 141 Å². The summed E-state index contributed by atoms with van der Waals surface area (Å²) in [6.07, 6.45) is -21.7. The molecule has 6 rings (SSSR count). The van der Waals surface area contributed by atoms with Crippen LogP contribution in [0.25, 0.3) is 0 Å². The number of hydrogen-bond donors (Lipinski definition) is 4. The van der Waals surface area contributed by atoms with Crippen LogP contribution in [0.1, 0.15) is 119 Å². The van der Waals surface area contributed by atoms with Gasteiger partial charge < -0.3 is 49.9 Å². The van der Waals surface area contributed by atoms with Crippen LogP contribution < -0.4 is 10.6 Å². The minimum absolute atomic E-state index is 0.00562. The number of ether oxygens (including phenoxy) is 2. The van der Waals surface area contributed by atoms with Crippen molar-refractivity contribution in [3.63, 3.8) is 0 Å². The van der Waals surface area contributed by atoms with E-state index in [9.17, 15) is 71.9 Å². The van der Waals surface area contributed by atoms with Gasteiger partial charge in [0.15, 0.2) is 0 Å². The molecule has 440 valence electrons. The molecule has 2 saturated heterocycles. The molecule has 0 aliphatic carbocycles. The Labute approximate surface area is 453 Å². The number of alkyl carbamates (subject to hydrolysis) is 2. The van der Waals surface area contributed by atoms with Gasteiger partial charge in [-0.15, -0.1) is 0 Å². The second kappa shape index (κ2) is 26.5. The summed E-state index contributed by atoms with van der Waals surface area (Å²) in [5, 5.41) is 22.6. The minimum atomic E-state index is -5.01. The van der Waals surface area contributed by atoms with Gasteiger partial charge in [0.2, 0.25) is 0 Å². The predicted molar refractivity (Wildman–Crippen MR) is 266 cm³/mol. The number of aliphatic hydroxyl groups excluding tert-OH is 2. The number of carbonyl (C=O) groups is 4. The van der Waals surface area contributed by atoms with E-state index < -0.39 is 108 Å². The molecule has 0 radical (unpaired) electrons. The number of aryl methyl sites for hydroxylation is 2. The van der Waals surface area contributed by atoms with Gasteiger partial charge in [0.25, 0.3) is 0 Å². The Morgan fingerprint density at radius 2 is 0.850 bits per heavy atom. The molecule has 2 aliphatic rings. The van der Waals surface area contributed by atoms with Crippen molar-refractivity contribution < 1.29 is 91.5 Å². The second-order valence-corrected chi connectivity index (χ2v) is 19.4. The minimum Gasteiger partial charge on any atom is -0.446 e. The summed E-state index contributed by atoms with van der Waals surface area (Å²) in [6, 6.07) is 12.4. The molecule has 0 saturated carbocycles. The van der Waals surface area contributed by atoms with E-state index in [1.165, 1.54) is 37.7 Å². The van der Waals surface area contributed by atoms with Gasteiger partial charge in [0.1, 0.15) is 12.2 Å². The third kappa shape index (κ3) is 16.6. The quantitative estimate of drug-likeness (QED) is 0.102. The Morgan fingerprint density at radius 1 is 0.550 bits per heavy atom. The summed E-state index contributed by atoms with van der Waals surface area (Å²) in [5.74, 6) is 0. The van der Waals surface area contributed by atoms with Crippen molar-refractivity contribution >= 4 is 24.2 Å². The van der Waals surface area contributed by atoms with Gasteiger partial charge in [-0.3, -0.25) is 0 Å². The first-order valence-electron chi connectivity index (χ1n) is 25.1. The molecule has 4 aromatic rings. The summed E-state index contributed by atoms with van der Waals surface area (Å²) in [5.41, 5.74) is -3.24. The molecule has 4 aromatic carbocycles. The number of aliphatic hydroxyl groups is 2. The maximum atomic E-state index is 13.7. The smallest absolute Gasteiger partial charge is 0.416 e. The fourth-order valence-electron chi connectivity index (χ4n) is 9.38. The van der Waals surface area contributed by atoms with Gasteiger partial charge in [0, 0.05) is 66.0 Å². The summed E-state index contributed by atoms with van der Waals surface area (Å²) < 4.78 is 172. The standard InChI is InChI=1S/2C27H31F6N3O4/c2*1-16-6-4-5-7-22(16)23-15-21(40-24(38)34-9-11-37)8-10-36(23)25(39)35(3)17(2)18-12-19(26(28,29)30)14-20(13-18)27(31,32)33/h2*4-7,12-14,17,21,23,37H,8-11,15H2,1-3H3,(H,34,38)/t17-,21+,23-;17-,21-,23-/m11/s1. The first kappa shape index (κ1) is 63.9. The van der Waals surface area contributed by atoms with E-state index in [1.54, 1.807) is 24.3 Å². The van der Waals surface area contributed by atoms with Crippen LogP contribution in [0.3, 0.4) is 0 Å². The van der Waals surface area contributed by atoms with Crippen molar-refractivity contribution in [1.29, 1.82) is 0 Å². The summed E-state index contributed by atoms with van der Waals surface area (Å²) >= 11 is 0. The highest BCUT2D eigenvalue weighted by Crippen LogP contribution is 2.42. The topological polar surface area (TPSA) is 164 Å². The zero-order valence-electron chi connectivity index (χ0n) is 44.3. The van der Waals surface area contributed by atoms with Crippen molar-refractivity contribution in [2.24, 2.45) is 0 Å². The number of hydrogen-bond acceptors (Lipinski definition) is 8. The van der Waals surface area contributed by atoms with Crippen molar-refractivity contribution in [3.8, 4) is 0 Å². The van der Waals surface area contributed by atoms with Crippen LogP contribution in [-0.4, -0.2) is 120 Å². The van der Waals surface area contributed by atoms with Crippen molar-refractivity contribution in [2.45, 2.75) is 114 Å². The molecule has 2 aliphatic heterocycles. The molecule has 80 heavy (non-hydrogen) atoms. The highest BCUT2D eigenvalue weighted by molar-refractivity contribution is 5.76. The Bertz CT molecular complexity index is 2530.